The molecule has 2 aromatic carbocycles. The van der Waals surface area contributed by atoms with E-state index in [4.69, 9.17) is 21.7 Å². The van der Waals surface area contributed by atoms with E-state index >= 15 is 0 Å². The fourth-order valence-electron chi connectivity index (χ4n) is 4.05. The second-order valence-electron chi connectivity index (χ2n) is 8.08. The topological polar surface area (TPSA) is 66.6 Å². The SMILES string of the molecule is CCc1ccccc1NC(=S)N(Cc1cccs1)Cc1cc2cc3c(cc2[nH]c1=O)OCCO3. The standard InChI is InChI=1S/C26H25N3O3S2/c1-2-17-6-3-4-8-21(17)28-26(33)29(16-20-7-5-11-34-20)15-19-12-18-13-23-24(32-10-9-31-23)14-22(18)27-25(19)30/h3-8,11-14H,2,9-10,15-16H2,1H3,(H,27,30)(H,28,33). The van der Waals surface area contributed by atoms with Crippen molar-refractivity contribution >= 4 is 45.3 Å². The second-order valence-corrected chi connectivity index (χ2v) is 9.50. The number of aromatic nitrogens is 1. The average molecular weight is 492 g/mol. The van der Waals surface area contributed by atoms with Gasteiger partial charge in [-0.1, -0.05) is 31.2 Å². The van der Waals surface area contributed by atoms with Crippen molar-refractivity contribution in [2.75, 3.05) is 18.5 Å². The first-order valence-corrected chi connectivity index (χ1v) is 12.5. The maximum atomic E-state index is 13.0. The molecule has 0 bridgehead atoms. The van der Waals surface area contributed by atoms with Crippen LogP contribution in [-0.4, -0.2) is 28.2 Å². The highest BCUT2D eigenvalue weighted by atomic mass is 32.1. The zero-order valence-electron chi connectivity index (χ0n) is 18.8. The normalized spacial score (nSPS) is 12.5. The molecule has 8 heteroatoms. The number of nitrogens with zero attached hydrogens (tertiary/aromatic N) is 1. The molecule has 1 aliphatic heterocycles. The highest BCUT2D eigenvalue weighted by molar-refractivity contribution is 7.80. The van der Waals surface area contributed by atoms with Crippen molar-refractivity contribution < 1.29 is 9.47 Å². The second kappa shape index (κ2) is 9.87. The molecule has 4 aromatic rings. The lowest BCUT2D eigenvalue weighted by Crippen LogP contribution is -2.35. The molecule has 2 N–H and O–H groups in total. The third kappa shape index (κ3) is 4.78. The van der Waals surface area contributed by atoms with E-state index in [-0.39, 0.29) is 5.56 Å². The van der Waals surface area contributed by atoms with Crippen LogP contribution in [0.2, 0.25) is 0 Å². The summed E-state index contributed by atoms with van der Waals surface area (Å²) in [6, 6.07) is 17.9. The molecule has 34 heavy (non-hydrogen) atoms. The monoisotopic (exact) mass is 491 g/mol. The summed E-state index contributed by atoms with van der Waals surface area (Å²) in [5.41, 5.74) is 3.39. The van der Waals surface area contributed by atoms with E-state index in [0.717, 1.165) is 23.0 Å². The van der Waals surface area contributed by atoms with Crippen LogP contribution in [0.3, 0.4) is 0 Å². The molecule has 1 aliphatic rings. The molecule has 3 heterocycles. The van der Waals surface area contributed by atoms with E-state index in [1.807, 2.05) is 52.7 Å². The Bertz CT molecular complexity index is 1380. The molecule has 2 aromatic heterocycles. The molecule has 0 atom stereocenters. The van der Waals surface area contributed by atoms with Gasteiger partial charge in [-0.3, -0.25) is 4.79 Å². The molecular weight excluding hydrogens is 466 g/mol. The number of anilines is 1. The van der Waals surface area contributed by atoms with Crippen molar-refractivity contribution in [1.82, 2.24) is 9.88 Å². The Kier molecular flexibility index (Phi) is 6.51. The minimum absolute atomic E-state index is 0.142. The summed E-state index contributed by atoms with van der Waals surface area (Å²) < 4.78 is 11.4. The zero-order valence-corrected chi connectivity index (χ0v) is 20.4. The van der Waals surface area contributed by atoms with Gasteiger partial charge in [0, 0.05) is 27.6 Å². The van der Waals surface area contributed by atoms with Crippen molar-refractivity contribution in [3.8, 4) is 11.5 Å². The van der Waals surface area contributed by atoms with Crippen LogP contribution >= 0.6 is 23.6 Å². The molecule has 0 unspecified atom stereocenters. The van der Waals surface area contributed by atoms with Crippen molar-refractivity contribution in [3.63, 3.8) is 0 Å². The van der Waals surface area contributed by atoms with E-state index in [2.05, 4.69) is 29.4 Å². The molecule has 5 rings (SSSR count). The van der Waals surface area contributed by atoms with E-state index < -0.39 is 0 Å². The molecule has 0 saturated carbocycles. The highest BCUT2D eigenvalue weighted by Gasteiger charge is 2.18. The van der Waals surface area contributed by atoms with E-state index in [0.29, 0.717) is 48.5 Å². The predicted molar refractivity (Wildman–Crippen MR) is 141 cm³/mol. The van der Waals surface area contributed by atoms with Crippen LogP contribution in [0.1, 0.15) is 22.9 Å². The van der Waals surface area contributed by atoms with Crippen LogP contribution < -0.4 is 20.3 Å². The highest BCUT2D eigenvalue weighted by Crippen LogP contribution is 2.33. The van der Waals surface area contributed by atoms with Gasteiger partial charge in [0.2, 0.25) is 0 Å². The maximum absolute atomic E-state index is 13.0. The summed E-state index contributed by atoms with van der Waals surface area (Å²) in [6.07, 6.45) is 0.900. The Morgan fingerprint density at radius 1 is 1.06 bits per heavy atom. The summed E-state index contributed by atoms with van der Waals surface area (Å²) in [7, 11) is 0. The quantitative estimate of drug-likeness (QED) is 0.356. The Labute approximate surface area is 207 Å². The van der Waals surface area contributed by atoms with Gasteiger partial charge in [-0.25, -0.2) is 0 Å². The summed E-state index contributed by atoms with van der Waals surface area (Å²) in [5, 5.41) is 6.92. The summed E-state index contributed by atoms with van der Waals surface area (Å²) in [6.45, 7) is 4.12. The minimum Gasteiger partial charge on any atom is -0.486 e. The van der Waals surface area contributed by atoms with Crippen LogP contribution in [-0.2, 0) is 19.5 Å². The minimum atomic E-state index is -0.142. The maximum Gasteiger partial charge on any atom is 0.253 e. The molecule has 0 saturated heterocycles. The number of aromatic amines is 1. The molecule has 0 radical (unpaired) electrons. The third-order valence-corrected chi connectivity index (χ3v) is 7.02. The molecular formula is C26H25N3O3S2. The lowest BCUT2D eigenvalue weighted by atomic mass is 10.1. The average Bonchev–Trinajstić information content (AvgIpc) is 3.36. The van der Waals surface area contributed by atoms with Crippen LogP contribution in [0.5, 0.6) is 11.5 Å². The van der Waals surface area contributed by atoms with Crippen LogP contribution in [0.15, 0.2) is 64.8 Å². The van der Waals surface area contributed by atoms with Crippen molar-refractivity contribution in [2.24, 2.45) is 0 Å². The number of hydrogen-bond donors (Lipinski definition) is 2. The number of benzene rings is 2. The summed E-state index contributed by atoms with van der Waals surface area (Å²) in [4.78, 5) is 19.2. The van der Waals surface area contributed by atoms with Crippen LogP contribution in [0.25, 0.3) is 10.9 Å². The third-order valence-electron chi connectivity index (χ3n) is 5.80. The summed E-state index contributed by atoms with van der Waals surface area (Å²) >= 11 is 7.50. The van der Waals surface area contributed by atoms with Gasteiger partial charge in [-0.2, -0.15) is 0 Å². The number of nitrogens with one attached hydrogen (secondary N) is 2. The van der Waals surface area contributed by atoms with Crippen LogP contribution in [0.4, 0.5) is 5.69 Å². The molecule has 174 valence electrons. The van der Waals surface area contributed by atoms with Crippen molar-refractivity contribution in [1.29, 1.82) is 0 Å². The van der Waals surface area contributed by atoms with E-state index in [9.17, 15) is 4.79 Å². The lowest BCUT2D eigenvalue weighted by molar-refractivity contribution is 0.172. The Hall–Kier alpha value is -3.36. The largest absolute Gasteiger partial charge is 0.486 e. The molecule has 6 nitrogen and oxygen atoms in total. The number of aryl methyl sites for hydroxylation is 1. The predicted octanol–water partition coefficient (Wildman–Crippen LogP) is 5.32. The summed E-state index contributed by atoms with van der Waals surface area (Å²) in [5.74, 6) is 1.35. The van der Waals surface area contributed by atoms with Gasteiger partial charge >= 0.3 is 0 Å². The Morgan fingerprint density at radius 2 is 1.85 bits per heavy atom. The van der Waals surface area contributed by atoms with Gasteiger partial charge in [-0.05, 0) is 53.8 Å². The molecule has 0 fully saturated rings. The number of thiocarbonyl (C=S) groups is 1. The smallest absolute Gasteiger partial charge is 0.253 e. The first kappa shape index (κ1) is 22.4. The number of para-hydroxylation sites is 1. The number of pyridine rings is 1. The number of rotatable bonds is 6. The van der Waals surface area contributed by atoms with Gasteiger partial charge in [0.25, 0.3) is 5.56 Å². The molecule has 0 aliphatic carbocycles. The number of thiophene rings is 1. The molecule has 0 amide bonds. The van der Waals surface area contributed by atoms with E-state index in [1.54, 1.807) is 11.3 Å². The van der Waals surface area contributed by atoms with Gasteiger partial charge in [0.05, 0.1) is 18.6 Å². The van der Waals surface area contributed by atoms with Crippen molar-refractivity contribution in [2.45, 2.75) is 26.4 Å². The first-order chi connectivity index (χ1) is 16.6. The van der Waals surface area contributed by atoms with Gasteiger partial charge in [0.1, 0.15) is 13.2 Å². The van der Waals surface area contributed by atoms with Crippen LogP contribution in [0, 0.1) is 0 Å². The van der Waals surface area contributed by atoms with E-state index in [1.165, 1.54) is 10.4 Å². The fourth-order valence-corrected chi connectivity index (χ4v) is 5.00. The number of H-pyrrole nitrogens is 1. The van der Waals surface area contributed by atoms with Gasteiger partial charge in [0.15, 0.2) is 16.6 Å². The fraction of sp³-hybridized carbons (Fsp3) is 0.231. The Balaban J connectivity index is 1.46. The Morgan fingerprint density at radius 3 is 2.62 bits per heavy atom. The lowest BCUT2D eigenvalue weighted by Gasteiger charge is -2.26. The van der Waals surface area contributed by atoms with Gasteiger partial charge in [-0.15, -0.1) is 11.3 Å². The number of fused-ring (bicyclic) bond motifs is 2. The first-order valence-electron chi connectivity index (χ1n) is 11.2. The molecule has 0 spiro atoms. The zero-order chi connectivity index (χ0) is 23.5. The number of hydrogen-bond acceptors (Lipinski definition) is 5. The van der Waals surface area contributed by atoms with Gasteiger partial charge < -0.3 is 24.7 Å². The van der Waals surface area contributed by atoms with Crippen molar-refractivity contribution in [3.05, 3.63) is 86.3 Å². The number of ether oxygens (including phenoxy) is 2.